The first-order valence-electron chi connectivity index (χ1n) is 6.02. The molecule has 0 aromatic rings. The second kappa shape index (κ2) is 4.82. The topological polar surface area (TPSA) is 61.4 Å². The summed E-state index contributed by atoms with van der Waals surface area (Å²) in [6, 6.07) is 0.152. The molecule has 2 saturated heterocycles. The van der Waals surface area contributed by atoms with Crippen molar-refractivity contribution in [3.8, 4) is 0 Å². The first kappa shape index (κ1) is 11.4. The lowest BCUT2D eigenvalue weighted by Crippen LogP contribution is -2.43. The van der Waals surface area contributed by atoms with Crippen molar-refractivity contribution in [2.75, 3.05) is 19.6 Å². The summed E-state index contributed by atoms with van der Waals surface area (Å²) in [5.41, 5.74) is 0. The van der Waals surface area contributed by atoms with Crippen molar-refractivity contribution in [2.24, 2.45) is 0 Å². The normalized spacial score (nSPS) is 29.9. The van der Waals surface area contributed by atoms with Crippen LogP contribution in [0.5, 0.6) is 0 Å². The summed E-state index contributed by atoms with van der Waals surface area (Å²) in [5.74, 6) is 0.294. The zero-order valence-electron chi connectivity index (χ0n) is 9.66. The molecule has 0 saturated carbocycles. The van der Waals surface area contributed by atoms with Gasteiger partial charge in [-0.3, -0.25) is 9.59 Å². The lowest BCUT2D eigenvalue weighted by atomic mass is 10.2. The largest absolute Gasteiger partial charge is 0.352 e. The van der Waals surface area contributed by atoms with Crippen molar-refractivity contribution in [2.45, 2.75) is 38.3 Å². The molecule has 2 heterocycles. The standard InChI is InChI=1S/C11H19N3O2/c1-2-12-9-5-6-14(11(9)16)7-8-3-4-10(15)13-8/h8-9,12H,2-7H2,1H3,(H,13,15). The van der Waals surface area contributed by atoms with Crippen LogP contribution in [0.3, 0.4) is 0 Å². The minimum atomic E-state index is -0.0119. The molecule has 2 amide bonds. The number of likely N-dealkylation sites (tertiary alicyclic amines) is 1. The maximum atomic E-state index is 11.9. The van der Waals surface area contributed by atoms with E-state index in [0.717, 1.165) is 25.9 Å². The second-order valence-electron chi connectivity index (χ2n) is 4.49. The Labute approximate surface area is 95.6 Å². The summed E-state index contributed by atoms with van der Waals surface area (Å²) in [5, 5.41) is 6.07. The molecule has 2 atom stereocenters. The Morgan fingerprint density at radius 2 is 2.25 bits per heavy atom. The molecule has 0 radical (unpaired) electrons. The van der Waals surface area contributed by atoms with Crippen LogP contribution in [0.15, 0.2) is 0 Å². The van der Waals surface area contributed by atoms with Gasteiger partial charge in [-0.1, -0.05) is 6.92 Å². The zero-order valence-corrected chi connectivity index (χ0v) is 9.66. The SMILES string of the molecule is CCNC1CCN(CC2CCC(=O)N2)C1=O. The van der Waals surface area contributed by atoms with Crippen LogP contribution in [-0.4, -0.2) is 48.4 Å². The van der Waals surface area contributed by atoms with Gasteiger partial charge in [-0.15, -0.1) is 0 Å². The fourth-order valence-electron chi connectivity index (χ4n) is 2.44. The van der Waals surface area contributed by atoms with E-state index in [-0.39, 0.29) is 23.9 Å². The van der Waals surface area contributed by atoms with E-state index in [1.165, 1.54) is 0 Å². The average Bonchev–Trinajstić information content (AvgIpc) is 2.80. The third kappa shape index (κ3) is 2.35. The highest BCUT2D eigenvalue weighted by molar-refractivity contribution is 5.84. The van der Waals surface area contributed by atoms with Gasteiger partial charge in [-0.2, -0.15) is 0 Å². The summed E-state index contributed by atoms with van der Waals surface area (Å²) < 4.78 is 0. The molecule has 5 heteroatoms. The van der Waals surface area contributed by atoms with Gasteiger partial charge in [0.05, 0.1) is 6.04 Å². The van der Waals surface area contributed by atoms with Gasteiger partial charge in [0.2, 0.25) is 11.8 Å². The number of nitrogens with one attached hydrogen (secondary N) is 2. The molecule has 2 aliphatic rings. The number of amides is 2. The van der Waals surface area contributed by atoms with Crippen LogP contribution in [0.2, 0.25) is 0 Å². The maximum Gasteiger partial charge on any atom is 0.239 e. The summed E-state index contributed by atoms with van der Waals surface area (Å²) in [7, 11) is 0. The smallest absolute Gasteiger partial charge is 0.239 e. The molecule has 2 rings (SSSR count). The molecule has 0 aromatic carbocycles. The molecule has 0 aliphatic carbocycles. The molecule has 2 unspecified atom stereocenters. The van der Waals surface area contributed by atoms with Gasteiger partial charge in [-0.25, -0.2) is 0 Å². The highest BCUT2D eigenvalue weighted by Gasteiger charge is 2.33. The number of hydrogen-bond acceptors (Lipinski definition) is 3. The quantitative estimate of drug-likeness (QED) is 0.676. The molecule has 2 fully saturated rings. The summed E-state index contributed by atoms with van der Waals surface area (Å²) in [4.78, 5) is 24.8. The van der Waals surface area contributed by atoms with Gasteiger partial charge in [0.1, 0.15) is 0 Å². The third-order valence-corrected chi connectivity index (χ3v) is 3.27. The van der Waals surface area contributed by atoms with Crippen LogP contribution in [0.1, 0.15) is 26.2 Å². The first-order valence-corrected chi connectivity index (χ1v) is 6.02. The highest BCUT2D eigenvalue weighted by atomic mass is 16.2. The van der Waals surface area contributed by atoms with E-state index in [0.29, 0.717) is 13.0 Å². The van der Waals surface area contributed by atoms with Gasteiger partial charge in [-0.05, 0) is 19.4 Å². The summed E-state index contributed by atoms with van der Waals surface area (Å²) in [6.45, 7) is 4.31. The Kier molecular flexibility index (Phi) is 3.43. The molecular formula is C11H19N3O2. The molecular weight excluding hydrogens is 206 g/mol. The van der Waals surface area contributed by atoms with Crippen LogP contribution >= 0.6 is 0 Å². The number of hydrogen-bond donors (Lipinski definition) is 2. The van der Waals surface area contributed by atoms with E-state index in [2.05, 4.69) is 10.6 Å². The molecule has 90 valence electrons. The summed E-state index contributed by atoms with van der Waals surface area (Å²) in [6.07, 6.45) is 2.34. The van der Waals surface area contributed by atoms with E-state index < -0.39 is 0 Å². The number of rotatable bonds is 4. The highest BCUT2D eigenvalue weighted by Crippen LogP contribution is 2.15. The predicted molar refractivity (Wildman–Crippen MR) is 59.8 cm³/mol. The van der Waals surface area contributed by atoms with E-state index in [1.54, 1.807) is 0 Å². The van der Waals surface area contributed by atoms with Crippen LogP contribution in [0, 0.1) is 0 Å². The Hall–Kier alpha value is -1.10. The van der Waals surface area contributed by atoms with Crippen molar-refractivity contribution in [3.05, 3.63) is 0 Å². The molecule has 0 spiro atoms. The van der Waals surface area contributed by atoms with E-state index in [4.69, 9.17) is 0 Å². The van der Waals surface area contributed by atoms with Crippen LogP contribution in [-0.2, 0) is 9.59 Å². The number of carbonyl (C=O) groups excluding carboxylic acids is 2. The van der Waals surface area contributed by atoms with Crippen LogP contribution in [0.25, 0.3) is 0 Å². The number of likely N-dealkylation sites (N-methyl/N-ethyl adjacent to an activating group) is 1. The second-order valence-corrected chi connectivity index (χ2v) is 4.49. The van der Waals surface area contributed by atoms with Crippen LogP contribution < -0.4 is 10.6 Å². The number of nitrogens with zero attached hydrogens (tertiary/aromatic N) is 1. The van der Waals surface area contributed by atoms with E-state index in [9.17, 15) is 9.59 Å². The molecule has 0 aromatic heterocycles. The molecule has 2 aliphatic heterocycles. The molecule has 16 heavy (non-hydrogen) atoms. The van der Waals surface area contributed by atoms with Crippen LogP contribution in [0.4, 0.5) is 0 Å². The lowest BCUT2D eigenvalue weighted by molar-refractivity contribution is -0.130. The first-order chi connectivity index (χ1) is 7.70. The van der Waals surface area contributed by atoms with Crippen molar-refractivity contribution in [3.63, 3.8) is 0 Å². The Bertz CT molecular complexity index is 293. The Morgan fingerprint density at radius 3 is 2.88 bits per heavy atom. The molecule has 0 bridgehead atoms. The van der Waals surface area contributed by atoms with Gasteiger partial charge >= 0.3 is 0 Å². The third-order valence-electron chi connectivity index (χ3n) is 3.27. The monoisotopic (exact) mass is 225 g/mol. The lowest BCUT2D eigenvalue weighted by Gasteiger charge is -2.20. The van der Waals surface area contributed by atoms with Crippen molar-refractivity contribution < 1.29 is 9.59 Å². The fraction of sp³-hybridized carbons (Fsp3) is 0.818. The Morgan fingerprint density at radius 1 is 1.44 bits per heavy atom. The van der Waals surface area contributed by atoms with Crippen molar-refractivity contribution in [1.82, 2.24) is 15.5 Å². The minimum absolute atomic E-state index is 0.0119. The van der Waals surface area contributed by atoms with Gasteiger partial charge in [0, 0.05) is 25.6 Å². The fourth-order valence-corrected chi connectivity index (χ4v) is 2.44. The van der Waals surface area contributed by atoms with Crippen molar-refractivity contribution in [1.29, 1.82) is 0 Å². The summed E-state index contributed by atoms with van der Waals surface area (Å²) >= 11 is 0. The van der Waals surface area contributed by atoms with E-state index in [1.807, 2.05) is 11.8 Å². The van der Waals surface area contributed by atoms with Gasteiger partial charge in [0.25, 0.3) is 0 Å². The minimum Gasteiger partial charge on any atom is -0.352 e. The zero-order chi connectivity index (χ0) is 11.5. The Balaban J connectivity index is 1.83. The van der Waals surface area contributed by atoms with Crippen molar-refractivity contribution >= 4 is 11.8 Å². The number of carbonyl (C=O) groups is 2. The average molecular weight is 225 g/mol. The van der Waals surface area contributed by atoms with Gasteiger partial charge < -0.3 is 15.5 Å². The van der Waals surface area contributed by atoms with E-state index >= 15 is 0 Å². The maximum absolute atomic E-state index is 11.9. The molecule has 2 N–H and O–H groups in total. The predicted octanol–water partition coefficient (Wildman–Crippen LogP) is -0.525. The van der Waals surface area contributed by atoms with Gasteiger partial charge in [0.15, 0.2) is 0 Å². The molecule has 5 nitrogen and oxygen atoms in total.